The molecule has 1 N–H and O–H groups in total. The van der Waals surface area contributed by atoms with Crippen molar-refractivity contribution in [2.75, 3.05) is 33.2 Å². The lowest BCUT2D eigenvalue weighted by Gasteiger charge is -2.32. The van der Waals surface area contributed by atoms with E-state index in [4.69, 9.17) is 0 Å². The van der Waals surface area contributed by atoms with E-state index in [1.54, 1.807) is 12.1 Å². The van der Waals surface area contributed by atoms with E-state index in [-0.39, 0.29) is 48.6 Å². The molecule has 1 heterocycles. The monoisotopic (exact) mass is 489 g/mol. The molecule has 1 aliphatic heterocycles. The Morgan fingerprint density at radius 3 is 2.03 bits per heavy atom. The fourth-order valence-corrected chi connectivity index (χ4v) is 4.67. The van der Waals surface area contributed by atoms with Crippen LogP contribution in [0.5, 0.6) is 0 Å². The van der Waals surface area contributed by atoms with E-state index in [0.29, 0.717) is 0 Å². The number of likely N-dealkylation sites (N-methyl/N-ethyl adjacent to an activating group) is 1. The van der Waals surface area contributed by atoms with Gasteiger partial charge < -0.3 is 10.2 Å². The van der Waals surface area contributed by atoms with Crippen molar-refractivity contribution in [1.82, 2.24) is 15.1 Å². The van der Waals surface area contributed by atoms with Gasteiger partial charge in [0.15, 0.2) is 0 Å². The zero-order valence-electron chi connectivity index (χ0n) is 18.2. The zero-order valence-corrected chi connectivity index (χ0v) is 20.6. The summed E-state index contributed by atoms with van der Waals surface area (Å²) in [7, 11) is 2.19. The van der Waals surface area contributed by atoms with Gasteiger partial charge in [-0.25, -0.2) is 4.39 Å². The highest BCUT2D eigenvalue weighted by Gasteiger charge is 2.36. The molecule has 31 heavy (non-hydrogen) atoms. The molecular formula is C24H35Cl3FN3. The molecule has 2 aliphatic rings. The van der Waals surface area contributed by atoms with E-state index < -0.39 is 0 Å². The largest absolute Gasteiger partial charge is 0.304 e. The highest BCUT2D eigenvalue weighted by molar-refractivity contribution is 5.86. The molecule has 1 aliphatic carbocycles. The number of nitrogens with zero attached hydrogens (tertiary/aromatic N) is 2. The van der Waals surface area contributed by atoms with Crippen LogP contribution in [0.25, 0.3) is 0 Å². The summed E-state index contributed by atoms with van der Waals surface area (Å²) in [6, 6.07) is 16.2. The van der Waals surface area contributed by atoms with Gasteiger partial charge in [-0.05, 0) is 37.1 Å². The molecule has 0 unspecified atom stereocenters. The van der Waals surface area contributed by atoms with Crippen LogP contribution in [-0.2, 0) is 18.6 Å². The Morgan fingerprint density at radius 2 is 1.42 bits per heavy atom. The van der Waals surface area contributed by atoms with E-state index in [1.807, 2.05) is 12.1 Å². The van der Waals surface area contributed by atoms with Crippen LogP contribution in [-0.4, -0.2) is 43.0 Å². The molecule has 4 rings (SSSR count). The van der Waals surface area contributed by atoms with E-state index in [1.165, 1.54) is 11.1 Å². The van der Waals surface area contributed by atoms with Crippen molar-refractivity contribution in [3.05, 3.63) is 71.0 Å². The highest BCUT2D eigenvalue weighted by Crippen LogP contribution is 2.40. The maximum atomic E-state index is 14.5. The first kappa shape index (κ1) is 28.2. The van der Waals surface area contributed by atoms with Gasteiger partial charge in [-0.1, -0.05) is 55.3 Å². The maximum absolute atomic E-state index is 14.5. The average Bonchev–Trinajstić information content (AvgIpc) is 3.19. The van der Waals surface area contributed by atoms with Crippen molar-refractivity contribution in [3.8, 4) is 0 Å². The number of benzene rings is 2. The Labute approximate surface area is 205 Å². The first-order chi connectivity index (χ1) is 13.6. The first-order valence-electron chi connectivity index (χ1n) is 10.6. The van der Waals surface area contributed by atoms with Crippen molar-refractivity contribution >= 4 is 37.2 Å². The van der Waals surface area contributed by atoms with Crippen LogP contribution >= 0.6 is 37.2 Å². The predicted molar refractivity (Wildman–Crippen MR) is 134 cm³/mol. The van der Waals surface area contributed by atoms with Crippen molar-refractivity contribution < 1.29 is 4.39 Å². The van der Waals surface area contributed by atoms with Gasteiger partial charge in [0.2, 0.25) is 0 Å². The topological polar surface area (TPSA) is 18.5 Å². The second-order valence-corrected chi connectivity index (χ2v) is 8.52. The van der Waals surface area contributed by atoms with Gasteiger partial charge in [-0.2, -0.15) is 0 Å². The lowest BCUT2D eigenvalue weighted by Crippen LogP contribution is -2.43. The number of piperazine rings is 1. The van der Waals surface area contributed by atoms with Crippen molar-refractivity contribution in [2.45, 2.75) is 44.3 Å². The van der Waals surface area contributed by atoms with Crippen LogP contribution in [0.15, 0.2) is 48.5 Å². The molecule has 0 radical (unpaired) electrons. The van der Waals surface area contributed by atoms with Crippen molar-refractivity contribution in [3.63, 3.8) is 0 Å². The smallest absolute Gasteiger partial charge is 0.128 e. The Bertz CT molecular complexity index is 774. The number of halogens is 4. The second-order valence-electron chi connectivity index (χ2n) is 8.52. The van der Waals surface area contributed by atoms with Gasteiger partial charge in [0, 0.05) is 50.4 Å². The summed E-state index contributed by atoms with van der Waals surface area (Å²) >= 11 is 0. The second kappa shape index (κ2) is 13.0. The number of hydrogen-bond acceptors (Lipinski definition) is 3. The van der Waals surface area contributed by atoms with Crippen LogP contribution in [0.1, 0.15) is 42.4 Å². The van der Waals surface area contributed by atoms with Gasteiger partial charge in [0.25, 0.3) is 0 Å². The SMILES string of the molecule is CN1CCN(Cc2ccc(CNC3(c4ccccc4F)CCCC3)cc2)CC1.Cl.Cl.Cl. The van der Waals surface area contributed by atoms with E-state index >= 15 is 0 Å². The Balaban J connectivity index is 0.00000160. The Hall–Kier alpha value is -0.880. The molecule has 1 saturated heterocycles. The summed E-state index contributed by atoms with van der Waals surface area (Å²) in [4.78, 5) is 4.92. The minimum Gasteiger partial charge on any atom is -0.304 e. The number of nitrogens with one attached hydrogen (secondary N) is 1. The highest BCUT2D eigenvalue weighted by atomic mass is 35.5. The predicted octanol–water partition coefficient (Wildman–Crippen LogP) is 5.40. The first-order valence-corrected chi connectivity index (χ1v) is 10.6. The summed E-state index contributed by atoms with van der Waals surface area (Å²) in [6.45, 7) is 6.40. The molecule has 7 heteroatoms. The van der Waals surface area contributed by atoms with Crippen LogP contribution in [0.2, 0.25) is 0 Å². The molecule has 2 fully saturated rings. The normalized spacial score (nSPS) is 18.5. The number of hydrogen-bond donors (Lipinski definition) is 1. The molecule has 0 aromatic heterocycles. The molecular weight excluding hydrogens is 456 g/mol. The molecule has 0 spiro atoms. The van der Waals surface area contributed by atoms with Crippen LogP contribution in [0.4, 0.5) is 4.39 Å². The van der Waals surface area contributed by atoms with Crippen molar-refractivity contribution in [1.29, 1.82) is 0 Å². The average molecular weight is 491 g/mol. The molecule has 3 nitrogen and oxygen atoms in total. The minimum absolute atomic E-state index is 0. The number of rotatable bonds is 6. The molecule has 174 valence electrons. The van der Waals surface area contributed by atoms with Gasteiger partial charge in [-0.3, -0.25) is 4.90 Å². The van der Waals surface area contributed by atoms with E-state index in [0.717, 1.165) is 70.5 Å². The van der Waals surface area contributed by atoms with Gasteiger partial charge in [-0.15, -0.1) is 37.2 Å². The summed E-state index contributed by atoms with van der Waals surface area (Å²) in [5, 5.41) is 3.72. The molecule has 2 aromatic carbocycles. The fraction of sp³-hybridized carbons (Fsp3) is 0.500. The molecule has 0 atom stereocenters. The molecule has 0 amide bonds. The van der Waals surface area contributed by atoms with Crippen LogP contribution in [0.3, 0.4) is 0 Å². The van der Waals surface area contributed by atoms with Gasteiger partial charge in [0.1, 0.15) is 5.82 Å². The fourth-order valence-electron chi connectivity index (χ4n) is 4.67. The zero-order chi connectivity index (χ0) is 19.4. The van der Waals surface area contributed by atoms with Gasteiger partial charge >= 0.3 is 0 Å². The minimum atomic E-state index is -0.218. The third kappa shape index (κ3) is 7.05. The lowest BCUT2D eigenvalue weighted by atomic mass is 9.87. The third-order valence-corrected chi connectivity index (χ3v) is 6.50. The van der Waals surface area contributed by atoms with Crippen LogP contribution in [0, 0.1) is 5.82 Å². The molecule has 2 aromatic rings. The lowest BCUT2D eigenvalue weighted by molar-refractivity contribution is 0.148. The van der Waals surface area contributed by atoms with E-state index in [9.17, 15) is 4.39 Å². The summed E-state index contributed by atoms with van der Waals surface area (Å²) < 4.78 is 14.5. The molecule has 1 saturated carbocycles. The maximum Gasteiger partial charge on any atom is 0.128 e. The van der Waals surface area contributed by atoms with Crippen molar-refractivity contribution in [2.24, 2.45) is 0 Å². The Morgan fingerprint density at radius 1 is 0.839 bits per heavy atom. The van der Waals surface area contributed by atoms with Crippen LogP contribution < -0.4 is 5.32 Å². The standard InChI is InChI=1S/C24H32FN3.3ClH/c1-27-14-16-28(17-15-27)19-21-10-8-20(9-11-21)18-26-24(12-4-5-13-24)22-6-2-3-7-23(22)25;;;/h2-3,6-11,26H,4-5,12-19H2,1H3;3*1H. The Kier molecular flexibility index (Phi) is 11.8. The third-order valence-electron chi connectivity index (χ3n) is 6.50. The quantitative estimate of drug-likeness (QED) is 0.585. The molecule has 0 bridgehead atoms. The van der Waals surface area contributed by atoms with Gasteiger partial charge in [0.05, 0.1) is 0 Å². The summed E-state index contributed by atoms with van der Waals surface area (Å²) in [5.74, 6) is -0.0839. The summed E-state index contributed by atoms with van der Waals surface area (Å²) in [6.07, 6.45) is 4.33. The summed E-state index contributed by atoms with van der Waals surface area (Å²) in [5.41, 5.74) is 3.26. The van der Waals surface area contributed by atoms with E-state index in [2.05, 4.69) is 46.4 Å².